The first-order valence-electron chi connectivity index (χ1n) is 6.61. The van der Waals surface area contributed by atoms with Gasteiger partial charge < -0.3 is 15.0 Å². The van der Waals surface area contributed by atoms with E-state index in [-0.39, 0.29) is 5.75 Å². The number of hydrogen-bond acceptors (Lipinski definition) is 5. The van der Waals surface area contributed by atoms with Crippen LogP contribution in [0.1, 0.15) is 12.8 Å². The number of likely N-dealkylation sites (tertiary alicyclic amines) is 1. The lowest BCUT2D eigenvalue weighted by Gasteiger charge is -2.32. The molecule has 1 atom stereocenters. The van der Waals surface area contributed by atoms with E-state index in [0.717, 1.165) is 32.8 Å². The molecule has 0 bridgehead atoms. The van der Waals surface area contributed by atoms with Crippen LogP contribution in [0.4, 0.5) is 0 Å². The normalized spacial score (nSPS) is 22.2. The topological polar surface area (TPSA) is 58.6 Å². The third-order valence-corrected chi connectivity index (χ3v) is 4.21. The Bertz CT molecular complexity index is 317. The molecule has 1 rings (SSSR count). The number of piperidine rings is 1. The van der Waals surface area contributed by atoms with E-state index in [4.69, 9.17) is 4.74 Å². The Kier molecular flexibility index (Phi) is 7.14. The van der Waals surface area contributed by atoms with E-state index in [1.54, 1.807) is 7.11 Å². The quantitative estimate of drug-likeness (QED) is 0.632. The first-order valence-corrected chi connectivity index (χ1v) is 8.67. The van der Waals surface area contributed by atoms with Gasteiger partial charge in [-0.05, 0) is 25.3 Å². The number of nitrogens with one attached hydrogen (secondary N) is 1. The van der Waals surface area contributed by atoms with Gasteiger partial charge in [-0.25, -0.2) is 8.42 Å². The van der Waals surface area contributed by atoms with E-state index in [1.807, 2.05) is 0 Å². The van der Waals surface area contributed by atoms with Gasteiger partial charge in [0.05, 0.1) is 12.4 Å². The molecule has 0 aromatic heterocycles. The summed E-state index contributed by atoms with van der Waals surface area (Å²) in [6.07, 6.45) is 3.76. The maximum Gasteiger partial charge on any atom is 0.148 e. The van der Waals surface area contributed by atoms with Crippen molar-refractivity contribution in [3.63, 3.8) is 0 Å². The first-order chi connectivity index (χ1) is 8.51. The second-order valence-corrected chi connectivity index (χ2v) is 7.40. The standard InChI is InChI=1S/C12H26N2O3S/c1-17-11-12-4-3-7-14(10-12)8-5-13-6-9-18(2,15)16/h12-13H,3-11H2,1-2H3. The molecule has 1 heterocycles. The number of nitrogens with zero attached hydrogens (tertiary/aromatic N) is 1. The summed E-state index contributed by atoms with van der Waals surface area (Å²) in [4.78, 5) is 2.43. The Balaban J connectivity index is 2.08. The fraction of sp³-hybridized carbons (Fsp3) is 1.00. The van der Waals surface area contributed by atoms with Gasteiger partial charge in [0.25, 0.3) is 0 Å². The Labute approximate surface area is 111 Å². The molecular weight excluding hydrogens is 252 g/mol. The number of methoxy groups -OCH3 is 1. The average Bonchev–Trinajstić information content (AvgIpc) is 2.28. The molecule has 0 amide bonds. The van der Waals surface area contributed by atoms with Gasteiger partial charge in [-0.1, -0.05) is 0 Å². The highest BCUT2D eigenvalue weighted by Crippen LogP contribution is 2.15. The van der Waals surface area contributed by atoms with Crippen LogP contribution in [0, 0.1) is 5.92 Å². The molecule has 1 aliphatic rings. The Morgan fingerprint density at radius 2 is 2.17 bits per heavy atom. The molecule has 1 unspecified atom stereocenters. The molecular formula is C12H26N2O3S. The number of ether oxygens (including phenoxy) is 1. The molecule has 0 aromatic rings. The Morgan fingerprint density at radius 1 is 1.39 bits per heavy atom. The van der Waals surface area contributed by atoms with Crippen LogP contribution in [-0.4, -0.2) is 71.8 Å². The van der Waals surface area contributed by atoms with Gasteiger partial charge in [-0.15, -0.1) is 0 Å². The van der Waals surface area contributed by atoms with Crippen molar-refractivity contribution in [2.24, 2.45) is 5.92 Å². The average molecular weight is 278 g/mol. The maximum absolute atomic E-state index is 10.9. The zero-order valence-corrected chi connectivity index (χ0v) is 12.3. The van der Waals surface area contributed by atoms with Crippen molar-refractivity contribution < 1.29 is 13.2 Å². The first kappa shape index (κ1) is 15.9. The lowest BCUT2D eigenvalue weighted by molar-refractivity contribution is 0.0912. The van der Waals surface area contributed by atoms with Gasteiger partial charge in [0.2, 0.25) is 0 Å². The summed E-state index contributed by atoms with van der Waals surface area (Å²) in [5.74, 6) is 0.874. The predicted molar refractivity (Wildman–Crippen MR) is 73.6 cm³/mol. The highest BCUT2D eigenvalue weighted by molar-refractivity contribution is 7.90. The number of rotatable bonds is 8. The summed E-state index contributed by atoms with van der Waals surface area (Å²) in [7, 11) is -1.08. The van der Waals surface area contributed by atoms with Gasteiger partial charge in [0.15, 0.2) is 0 Å². The second-order valence-electron chi connectivity index (χ2n) is 5.14. The van der Waals surface area contributed by atoms with Crippen molar-refractivity contribution in [2.75, 3.05) is 58.4 Å². The van der Waals surface area contributed by atoms with E-state index in [2.05, 4.69) is 10.2 Å². The molecule has 6 heteroatoms. The van der Waals surface area contributed by atoms with Crippen molar-refractivity contribution in [2.45, 2.75) is 12.8 Å². The van der Waals surface area contributed by atoms with Crippen LogP contribution >= 0.6 is 0 Å². The lowest BCUT2D eigenvalue weighted by atomic mass is 9.99. The summed E-state index contributed by atoms with van der Waals surface area (Å²) in [5.41, 5.74) is 0. The van der Waals surface area contributed by atoms with Crippen LogP contribution < -0.4 is 5.32 Å². The maximum atomic E-state index is 10.9. The Hall–Kier alpha value is -0.170. The molecule has 1 saturated heterocycles. The molecule has 0 saturated carbocycles. The summed E-state index contributed by atoms with van der Waals surface area (Å²) in [6, 6.07) is 0. The largest absolute Gasteiger partial charge is 0.384 e. The summed E-state index contributed by atoms with van der Waals surface area (Å²) in [5, 5.41) is 3.18. The van der Waals surface area contributed by atoms with Crippen LogP contribution in [-0.2, 0) is 14.6 Å². The van der Waals surface area contributed by atoms with Crippen LogP contribution in [0.25, 0.3) is 0 Å². The molecule has 1 aliphatic heterocycles. The van der Waals surface area contributed by atoms with Crippen LogP contribution in [0.2, 0.25) is 0 Å². The molecule has 5 nitrogen and oxygen atoms in total. The Morgan fingerprint density at radius 3 is 2.83 bits per heavy atom. The lowest BCUT2D eigenvalue weighted by Crippen LogP contribution is -2.41. The molecule has 108 valence electrons. The van der Waals surface area contributed by atoms with Crippen LogP contribution in [0.15, 0.2) is 0 Å². The van der Waals surface area contributed by atoms with Crippen LogP contribution in [0.5, 0.6) is 0 Å². The summed E-state index contributed by atoms with van der Waals surface area (Å²) in [6.45, 7) is 5.49. The van der Waals surface area contributed by atoms with Gasteiger partial charge in [-0.3, -0.25) is 0 Å². The SMILES string of the molecule is COCC1CCCN(CCNCCS(C)(=O)=O)C1. The monoisotopic (exact) mass is 278 g/mol. The molecule has 1 fully saturated rings. The molecule has 1 N–H and O–H groups in total. The van der Waals surface area contributed by atoms with Gasteiger partial charge in [0.1, 0.15) is 9.84 Å². The van der Waals surface area contributed by atoms with Gasteiger partial charge >= 0.3 is 0 Å². The van der Waals surface area contributed by atoms with E-state index >= 15 is 0 Å². The minimum absolute atomic E-state index is 0.222. The van der Waals surface area contributed by atoms with Crippen molar-refractivity contribution in [1.82, 2.24) is 10.2 Å². The fourth-order valence-electron chi connectivity index (χ4n) is 2.35. The van der Waals surface area contributed by atoms with Crippen molar-refractivity contribution in [3.8, 4) is 0 Å². The highest BCUT2D eigenvalue weighted by Gasteiger charge is 2.18. The zero-order valence-electron chi connectivity index (χ0n) is 11.5. The third kappa shape index (κ3) is 7.31. The molecule has 0 aliphatic carbocycles. The molecule has 18 heavy (non-hydrogen) atoms. The molecule has 0 aromatic carbocycles. The van der Waals surface area contributed by atoms with Crippen molar-refractivity contribution in [1.29, 1.82) is 0 Å². The zero-order chi connectivity index (χ0) is 13.4. The van der Waals surface area contributed by atoms with Crippen LogP contribution in [0.3, 0.4) is 0 Å². The minimum atomic E-state index is -2.84. The number of hydrogen-bond donors (Lipinski definition) is 1. The predicted octanol–water partition coefficient (Wildman–Crippen LogP) is -0.0210. The minimum Gasteiger partial charge on any atom is -0.384 e. The van der Waals surface area contributed by atoms with E-state index < -0.39 is 9.84 Å². The second kappa shape index (κ2) is 8.09. The van der Waals surface area contributed by atoms with Crippen molar-refractivity contribution in [3.05, 3.63) is 0 Å². The van der Waals surface area contributed by atoms with Gasteiger partial charge in [0, 0.05) is 39.5 Å². The van der Waals surface area contributed by atoms with E-state index in [1.165, 1.54) is 19.1 Å². The van der Waals surface area contributed by atoms with E-state index in [9.17, 15) is 8.42 Å². The molecule has 0 spiro atoms. The smallest absolute Gasteiger partial charge is 0.148 e. The third-order valence-electron chi connectivity index (χ3n) is 3.26. The van der Waals surface area contributed by atoms with Crippen molar-refractivity contribution >= 4 is 9.84 Å². The molecule has 0 radical (unpaired) electrons. The summed E-state index contributed by atoms with van der Waals surface area (Å²) >= 11 is 0. The summed E-state index contributed by atoms with van der Waals surface area (Å²) < 4.78 is 27.1. The number of sulfone groups is 1. The fourth-order valence-corrected chi connectivity index (χ4v) is 2.86. The van der Waals surface area contributed by atoms with E-state index in [0.29, 0.717) is 12.5 Å². The highest BCUT2D eigenvalue weighted by atomic mass is 32.2. The van der Waals surface area contributed by atoms with Gasteiger partial charge in [-0.2, -0.15) is 0 Å².